The summed E-state index contributed by atoms with van der Waals surface area (Å²) in [7, 11) is -1.84. The molecule has 1 aromatic carbocycles. The normalized spacial score (nSPS) is 16.2. The molecule has 0 spiro atoms. The molecule has 152 valence electrons. The van der Waals surface area contributed by atoms with Crippen LogP contribution in [0.1, 0.15) is 40.4 Å². The topological polar surface area (TPSA) is 83.8 Å². The number of piperidine rings is 1. The Labute approximate surface area is 170 Å². The fraction of sp³-hybridized carbons (Fsp3) is 0.333. The molecular formula is C21H24N4O3S. The molecule has 1 fully saturated rings. The van der Waals surface area contributed by atoms with Crippen molar-refractivity contribution in [1.29, 1.82) is 0 Å². The zero-order chi connectivity index (χ0) is 20.6. The zero-order valence-corrected chi connectivity index (χ0v) is 17.3. The minimum Gasteiger partial charge on any atom is -0.355 e. The van der Waals surface area contributed by atoms with Crippen LogP contribution in [-0.4, -0.2) is 48.4 Å². The lowest BCUT2D eigenvalue weighted by Gasteiger charge is -2.31. The van der Waals surface area contributed by atoms with Crippen molar-refractivity contribution in [2.45, 2.75) is 30.6 Å². The maximum atomic E-state index is 12.8. The highest BCUT2D eigenvalue weighted by atomic mass is 32.2. The van der Waals surface area contributed by atoms with Crippen LogP contribution in [0.15, 0.2) is 53.6 Å². The third-order valence-electron chi connectivity index (χ3n) is 5.59. The van der Waals surface area contributed by atoms with Gasteiger partial charge in [-0.25, -0.2) is 12.9 Å². The maximum absolute atomic E-state index is 12.8. The molecule has 7 nitrogen and oxygen atoms in total. The Bertz CT molecular complexity index is 1150. The molecule has 8 heteroatoms. The smallest absolute Gasteiger partial charge is 0.255 e. The molecule has 1 saturated heterocycles. The Hall–Kier alpha value is -2.71. The van der Waals surface area contributed by atoms with E-state index < -0.39 is 10.0 Å². The van der Waals surface area contributed by atoms with E-state index in [9.17, 15) is 13.2 Å². The SMILES string of the molecule is CNC(=O)c1c(C)nn2ccc(C3CCN(S(=O)(=O)c4ccccc4)CC3)cc12. The Morgan fingerprint density at radius 3 is 2.48 bits per heavy atom. The number of nitrogens with one attached hydrogen (secondary N) is 1. The Kier molecular flexibility index (Phi) is 5.14. The molecule has 2 aromatic heterocycles. The molecule has 0 saturated carbocycles. The molecule has 1 aliphatic heterocycles. The number of hydrogen-bond donors (Lipinski definition) is 1. The lowest BCUT2D eigenvalue weighted by molar-refractivity contribution is 0.0964. The van der Waals surface area contributed by atoms with E-state index in [1.807, 2.05) is 31.3 Å². The van der Waals surface area contributed by atoms with E-state index in [1.54, 1.807) is 40.1 Å². The van der Waals surface area contributed by atoms with E-state index in [4.69, 9.17) is 0 Å². The second-order valence-corrected chi connectivity index (χ2v) is 9.26. The summed E-state index contributed by atoms with van der Waals surface area (Å²) in [4.78, 5) is 12.6. The van der Waals surface area contributed by atoms with Gasteiger partial charge in [-0.3, -0.25) is 4.79 Å². The van der Waals surface area contributed by atoms with Gasteiger partial charge in [-0.15, -0.1) is 0 Å². The summed E-state index contributed by atoms with van der Waals surface area (Å²) in [5, 5.41) is 7.09. The molecule has 3 aromatic rings. The Morgan fingerprint density at radius 1 is 1.14 bits per heavy atom. The number of aromatic nitrogens is 2. The molecular weight excluding hydrogens is 388 g/mol. The van der Waals surface area contributed by atoms with Gasteiger partial charge < -0.3 is 5.32 Å². The summed E-state index contributed by atoms with van der Waals surface area (Å²) in [6, 6.07) is 12.6. The first-order valence-corrected chi connectivity index (χ1v) is 11.1. The van der Waals surface area contributed by atoms with Crippen molar-refractivity contribution in [3.63, 3.8) is 0 Å². The fourth-order valence-corrected chi connectivity index (χ4v) is 5.50. The number of rotatable bonds is 4. The minimum absolute atomic E-state index is 0.154. The quantitative estimate of drug-likeness (QED) is 0.714. The van der Waals surface area contributed by atoms with Gasteiger partial charge in [-0.05, 0) is 55.5 Å². The van der Waals surface area contributed by atoms with Gasteiger partial charge in [-0.1, -0.05) is 18.2 Å². The first-order chi connectivity index (χ1) is 13.9. The number of hydrogen-bond acceptors (Lipinski definition) is 4. The molecule has 0 atom stereocenters. The number of aryl methyl sites for hydroxylation is 1. The van der Waals surface area contributed by atoms with Crippen molar-refractivity contribution in [3.05, 3.63) is 65.5 Å². The van der Waals surface area contributed by atoms with E-state index in [-0.39, 0.29) is 11.8 Å². The van der Waals surface area contributed by atoms with Gasteiger partial charge in [0.15, 0.2) is 0 Å². The van der Waals surface area contributed by atoms with Gasteiger partial charge in [0.2, 0.25) is 10.0 Å². The summed E-state index contributed by atoms with van der Waals surface area (Å²) < 4.78 is 28.9. The average molecular weight is 413 g/mol. The van der Waals surface area contributed by atoms with Crippen molar-refractivity contribution >= 4 is 21.4 Å². The van der Waals surface area contributed by atoms with Gasteiger partial charge in [0.05, 0.1) is 21.7 Å². The lowest BCUT2D eigenvalue weighted by Crippen LogP contribution is -2.37. The van der Waals surface area contributed by atoms with Crippen molar-refractivity contribution in [3.8, 4) is 0 Å². The molecule has 1 aliphatic rings. The Morgan fingerprint density at radius 2 is 1.83 bits per heavy atom. The average Bonchev–Trinajstić information content (AvgIpc) is 3.08. The van der Waals surface area contributed by atoms with Crippen LogP contribution in [0.4, 0.5) is 0 Å². The Balaban J connectivity index is 1.56. The van der Waals surface area contributed by atoms with Crippen LogP contribution in [0.5, 0.6) is 0 Å². The highest BCUT2D eigenvalue weighted by molar-refractivity contribution is 7.89. The van der Waals surface area contributed by atoms with Crippen molar-refractivity contribution < 1.29 is 13.2 Å². The summed E-state index contributed by atoms with van der Waals surface area (Å²) in [6.07, 6.45) is 3.35. The van der Waals surface area contributed by atoms with Gasteiger partial charge in [0, 0.05) is 26.3 Å². The number of sulfonamides is 1. The number of pyridine rings is 1. The van der Waals surface area contributed by atoms with Crippen LogP contribution in [0.25, 0.3) is 5.52 Å². The van der Waals surface area contributed by atoms with Gasteiger partial charge in [0.1, 0.15) is 0 Å². The highest BCUT2D eigenvalue weighted by Crippen LogP contribution is 2.32. The summed E-state index contributed by atoms with van der Waals surface area (Å²) >= 11 is 0. The van der Waals surface area contributed by atoms with Crippen LogP contribution in [0, 0.1) is 6.92 Å². The molecule has 0 aliphatic carbocycles. The van der Waals surface area contributed by atoms with E-state index in [2.05, 4.69) is 10.4 Å². The van der Waals surface area contributed by atoms with Gasteiger partial charge in [0.25, 0.3) is 5.91 Å². The van der Waals surface area contributed by atoms with Crippen LogP contribution in [-0.2, 0) is 10.0 Å². The van der Waals surface area contributed by atoms with E-state index in [1.165, 1.54) is 0 Å². The fourth-order valence-electron chi connectivity index (χ4n) is 4.01. The van der Waals surface area contributed by atoms with Crippen LogP contribution in [0.3, 0.4) is 0 Å². The predicted octanol–water partition coefficient (Wildman–Crippen LogP) is 2.57. The van der Waals surface area contributed by atoms with Gasteiger partial charge >= 0.3 is 0 Å². The molecule has 0 radical (unpaired) electrons. The minimum atomic E-state index is -3.45. The molecule has 3 heterocycles. The van der Waals surface area contributed by atoms with Crippen molar-refractivity contribution in [2.75, 3.05) is 20.1 Å². The predicted molar refractivity (Wildman–Crippen MR) is 110 cm³/mol. The maximum Gasteiger partial charge on any atom is 0.255 e. The second kappa shape index (κ2) is 7.61. The first-order valence-electron chi connectivity index (χ1n) is 9.68. The van der Waals surface area contributed by atoms with Crippen LogP contribution >= 0.6 is 0 Å². The van der Waals surface area contributed by atoms with E-state index in [0.29, 0.717) is 29.2 Å². The summed E-state index contributed by atoms with van der Waals surface area (Å²) in [6.45, 7) is 2.78. The third kappa shape index (κ3) is 3.54. The van der Waals surface area contributed by atoms with Gasteiger partial charge in [-0.2, -0.15) is 9.40 Å². The number of amides is 1. The van der Waals surface area contributed by atoms with E-state index >= 15 is 0 Å². The van der Waals surface area contributed by atoms with Crippen molar-refractivity contribution in [2.24, 2.45) is 0 Å². The van der Waals surface area contributed by atoms with Crippen LogP contribution in [0.2, 0.25) is 0 Å². The summed E-state index contributed by atoms with van der Waals surface area (Å²) in [5.74, 6) is 0.0911. The molecule has 4 rings (SSSR count). The number of nitrogens with zero attached hydrogens (tertiary/aromatic N) is 3. The largest absolute Gasteiger partial charge is 0.355 e. The van der Waals surface area contributed by atoms with Crippen LogP contribution < -0.4 is 5.32 Å². The number of fused-ring (bicyclic) bond motifs is 1. The molecule has 0 bridgehead atoms. The second-order valence-electron chi connectivity index (χ2n) is 7.32. The zero-order valence-electron chi connectivity index (χ0n) is 16.5. The summed E-state index contributed by atoms with van der Waals surface area (Å²) in [5.41, 5.74) is 3.15. The first kappa shape index (κ1) is 19.6. The molecule has 0 unspecified atom stereocenters. The number of carbonyl (C=O) groups excluding carboxylic acids is 1. The standard InChI is InChI=1S/C21H24N4O3S/c1-15-20(21(26)22-2)19-14-17(10-13-25(19)23-15)16-8-11-24(12-9-16)29(27,28)18-6-4-3-5-7-18/h3-7,10,13-14,16H,8-9,11-12H2,1-2H3,(H,22,26). The van der Waals surface area contributed by atoms with Crippen molar-refractivity contribution in [1.82, 2.24) is 19.2 Å². The third-order valence-corrected chi connectivity index (χ3v) is 7.51. The monoisotopic (exact) mass is 412 g/mol. The number of benzene rings is 1. The van der Waals surface area contributed by atoms with E-state index in [0.717, 1.165) is 23.9 Å². The number of carbonyl (C=O) groups is 1. The molecule has 29 heavy (non-hydrogen) atoms. The lowest BCUT2D eigenvalue weighted by atomic mass is 9.90. The highest BCUT2D eigenvalue weighted by Gasteiger charge is 2.30. The molecule has 1 N–H and O–H groups in total. The molecule has 1 amide bonds.